The third kappa shape index (κ3) is 3.64. The van der Waals surface area contributed by atoms with Crippen molar-refractivity contribution in [3.8, 4) is 5.00 Å². The van der Waals surface area contributed by atoms with Crippen LogP contribution in [0.25, 0.3) is 5.00 Å². The molecule has 0 saturated heterocycles. The van der Waals surface area contributed by atoms with Crippen LogP contribution >= 0.6 is 22.9 Å². The first-order chi connectivity index (χ1) is 16.6. The van der Waals surface area contributed by atoms with Gasteiger partial charge in [-0.2, -0.15) is 0 Å². The maximum absolute atomic E-state index is 13.9. The summed E-state index contributed by atoms with van der Waals surface area (Å²) in [6.07, 6.45) is 6.84. The van der Waals surface area contributed by atoms with Gasteiger partial charge in [-0.3, -0.25) is 0 Å². The van der Waals surface area contributed by atoms with Crippen LogP contribution in [0.15, 0.2) is 66.9 Å². The van der Waals surface area contributed by atoms with Gasteiger partial charge in [0.15, 0.2) is 0 Å². The number of hydrogen-bond acceptors (Lipinski definition) is 2. The van der Waals surface area contributed by atoms with E-state index in [1.54, 1.807) is 0 Å². The zero-order chi connectivity index (χ0) is 23.2. The molecule has 4 aromatic rings. The van der Waals surface area contributed by atoms with Crippen molar-refractivity contribution in [2.45, 2.75) is 45.2 Å². The number of aromatic nitrogens is 1. The Morgan fingerprint density at radius 3 is 2.68 bits per heavy atom. The van der Waals surface area contributed by atoms with Crippen LogP contribution in [0.1, 0.15) is 51.7 Å². The van der Waals surface area contributed by atoms with Gasteiger partial charge in [0.05, 0.1) is 18.3 Å². The molecule has 1 aliphatic heterocycles. The molecule has 4 nitrogen and oxygen atoms in total. The van der Waals surface area contributed by atoms with Gasteiger partial charge in [0, 0.05) is 27.3 Å². The standard InChI is InChI=1S/C28H26ClN3OS/c1-18-13-14-20(16-23(18)29)30-28(33)32-17-22-21-10-5-6-12-25(21)34-27(22)31-15-7-11-24(31)26(32)19-8-3-2-4-9-19/h2-4,7-9,11,13-16,26H,5-6,10,12,17H2,1H3,(H,30,33)/t26-/m1/s1. The molecule has 0 radical (unpaired) electrons. The van der Waals surface area contributed by atoms with Crippen molar-refractivity contribution in [1.29, 1.82) is 0 Å². The first-order valence-corrected chi connectivity index (χ1v) is 13.0. The molecular formula is C28H26ClN3OS. The van der Waals surface area contributed by atoms with E-state index in [2.05, 4.69) is 40.3 Å². The summed E-state index contributed by atoms with van der Waals surface area (Å²) in [5.74, 6) is 0. The molecule has 1 atom stereocenters. The Labute approximate surface area is 208 Å². The van der Waals surface area contributed by atoms with Crippen LogP contribution < -0.4 is 5.32 Å². The molecule has 6 heteroatoms. The van der Waals surface area contributed by atoms with Gasteiger partial charge in [-0.15, -0.1) is 11.3 Å². The van der Waals surface area contributed by atoms with E-state index < -0.39 is 0 Å². The van der Waals surface area contributed by atoms with Gasteiger partial charge < -0.3 is 14.8 Å². The molecule has 3 heterocycles. The molecule has 2 aromatic carbocycles. The summed E-state index contributed by atoms with van der Waals surface area (Å²) in [5, 5.41) is 5.04. The minimum atomic E-state index is -0.198. The van der Waals surface area contributed by atoms with Crippen LogP contribution in [0.5, 0.6) is 0 Å². The fourth-order valence-electron chi connectivity index (χ4n) is 5.24. The minimum absolute atomic E-state index is 0.120. The van der Waals surface area contributed by atoms with E-state index >= 15 is 0 Å². The second kappa shape index (κ2) is 8.64. The number of rotatable bonds is 2. The fraction of sp³-hybridized carbons (Fsp3) is 0.250. The number of fused-ring (bicyclic) bond motifs is 5. The average molecular weight is 488 g/mol. The average Bonchev–Trinajstić information content (AvgIpc) is 3.44. The van der Waals surface area contributed by atoms with E-state index in [0.29, 0.717) is 17.3 Å². The highest BCUT2D eigenvalue weighted by Crippen LogP contribution is 2.44. The second-order valence-electron chi connectivity index (χ2n) is 9.13. The van der Waals surface area contributed by atoms with Crippen molar-refractivity contribution in [2.75, 3.05) is 5.32 Å². The Balaban J connectivity index is 1.48. The molecule has 0 saturated carbocycles. The number of amides is 2. The summed E-state index contributed by atoms with van der Waals surface area (Å²) in [7, 11) is 0. The zero-order valence-electron chi connectivity index (χ0n) is 19.1. The lowest BCUT2D eigenvalue weighted by molar-refractivity contribution is 0.194. The van der Waals surface area contributed by atoms with Crippen molar-refractivity contribution in [1.82, 2.24) is 9.47 Å². The largest absolute Gasteiger partial charge is 0.322 e. The highest BCUT2D eigenvalue weighted by Gasteiger charge is 2.36. The van der Waals surface area contributed by atoms with E-state index in [-0.39, 0.29) is 12.1 Å². The molecule has 34 heavy (non-hydrogen) atoms. The minimum Gasteiger partial charge on any atom is -0.310 e. The third-order valence-electron chi connectivity index (χ3n) is 6.98. The zero-order valence-corrected chi connectivity index (χ0v) is 20.6. The first kappa shape index (κ1) is 21.5. The predicted octanol–water partition coefficient (Wildman–Crippen LogP) is 7.52. The summed E-state index contributed by atoms with van der Waals surface area (Å²) in [4.78, 5) is 17.4. The maximum Gasteiger partial charge on any atom is 0.322 e. The molecule has 2 aromatic heterocycles. The van der Waals surface area contributed by atoms with Gasteiger partial charge in [-0.1, -0.05) is 48.0 Å². The lowest BCUT2D eigenvalue weighted by atomic mass is 9.95. The number of aryl methyl sites for hydroxylation is 2. The number of nitrogens with zero attached hydrogens (tertiary/aromatic N) is 2. The monoisotopic (exact) mass is 487 g/mol. The van der Waals surface area contributed by atoms with Gasteiger partial charge in [0.25, 0.3) is 0 Å². The summed E-state index contributed by atoms with van der Waals surface area (Å²) < 4.78 is 2.31. The second-order valence-corrected chi connectivity index (χ2v) is 10.6. The van der Waals surface area contributed by atoms with Crippen LogP contribution in [-0.4, -0.2) is 15.5 Å². The smallest absolute Gasteiger partial charge is 0.310 e. The normalized spacial score (nSPS) is 16.9. The molecule has 2 aliphatic rings. The number of carbonyl (C=O) groups excluding carboxylic acids is 1. The lowest BCUT2D eigenvalue weighted by Gasteiger charge is -2.31. The Bertz CT molecular complexity index is 1370. The third-order valence-corrected chi connectivity index (χ3v) is 8.72. The molecule has 1 N–H and O–H groups in total. The molecule has 0 spiro atoms. The van der Waals surface area contributed by atoms with Gasteiger partial charge in [-0.25, -0.2) is 4.79 Å². The topological polar surface area (TPSA) is 37.3 Å². The number of benzene rings is 2. The molecule has 172 valence electrons. The molecule has 1 aliphatic carbocycles. The molecule has 0 unspecified atom stereocenters. The molecule has 6 rings (SSSR count). The van der Waals surface area contributed by atoms with Crippen molar-refractivity contribution in [3.05, 3.63) is 105 Å². The quantitative estimate of drug-likeness (QED) is 0.312. The van der Waals surface area contributed by atoms with E-state index in [1.165, 1.54) is 33.8 Å². The van der Waals surface area contributed by atoms with Crippen molar-refractivity contribution >= 4 is 34.7 Å². The molecule has 0 fully saturated rings. The molecular weight excluding hydrogens is 462 g/mol. The van der Waals surface area contributed by atoms with Gasteiger partial charge in [-0.05, 0) is 73.6 Å². The first-order valence-electron chi connectivity index (χ1n) is 11.8. The summed E-state index contributed by atoms with van der Waals surface area (Å²) in [6, 6.07) is 19.9. The Kier molecular flexibility index (Phi) is 5.47. The van der Waals surface area contributed by atoms with E-state index in [4.69, 9.17) is 11.6 Å². The highest BCUT2D eigenvalue weighted by atomic mass is 35.5. The number of carbonyl (C=O) groups is 1. The SMILES string of the molecule is Cc1ccc(NC(=O)N2Cc3c(sc4c3CCCC4)-n3cccc3[C@H]2c2ccccc2)cc1Cl. The Morgan fingerprint density at radius 2 is 1.85 bits per heavy atom. The van der Waals surface area contributed by atoms with E-state index in [0.717, 1.165) is 29.7 Å². The number of urea groups is 1. The van der Waals surface area contributed by atoms with E-state index in [1.807, 2.05) is 59.6 Å². The lowest BCUT2D eigenvalue weighted by Crippen LogP contribution is -2.38. The number of thiophene rings is 1. The Hall–Kier alpha value is -3.02. The highest BCUT2D eigenvalue weighted by molar-refractivity contribution is 7.15. The van der Waals surface area contributed by atoms with Gasteiger partial charge in [0.2, 0.25) is 0 Å². The van der Waals surface area contributed by atoms with Gasteiger partial charge in [0.1, 0.15) is 5.00 Å². The van der Waals surface area contributed by atoms with Crippen LogP contribution in [0, 0.1) is 6.92 Å². The number of halogens is 1. The predicted molar refractivity (Wildman–Crippen MR) is 139 cm³/mol. The van der Waals surface area contributed by atoms with E-state index in [9.17, 15) is 4.79 Å². The summed E-state index contributed by atoms with van der Waals surface area (Å²) in [6.45, 7) is 2.54. The fourth-order valence-corrected chi connectivity index (χ4v) is 6.82. The van der Waals surface area contributed by atoms with Crippen molar-refractivity contribution in [2.24, 2.45) is 0 Å². The Morgan fingerprint density at radius 1 is 1.03 bits per heavy atom. The van der Waals surface area contributed by atoms with Gasteiger partial charge >= 0.3 is 6.03 Å². The summed E-state index contributed by atoms with van der Waals surface area (Å²) >= 11 is 8.25. The van der Waals surface area contributed by atoms with Crippen LogP contribution in [-0.2, 0) is 19.4 Å². The summed E-state index contributed by atoms with van der Waals surface area (Å²) in [5.41, 5.74) is 6.66. The molecule has 0 bridgehead atoms. The number of nitrogens with one attached hydrogen (secondary N) is 1. The van der Waals surface area contributed by atoms with Crippen LogP contribution in [0.4, 0.5) is 10.5 Å². The van der Waals surface area contributed by atoms with Crippen LogP contribution in [0.2, 0.25) is 5.02 Å². The van der Waals surface area contributed by atoms with Crippen molar-refractivity contribution < 1.29 is 4.79 Å². The maximum atomic E-state index is 13.9. The number of anilines is 1. The molecule has 2 amide bonds. The number of hydrogen-bond donors (Lipinski definition) is 1. The van der Waals surface area contributed by atoms with Crippen molar-refractivity contribution in [3.63, 3.8) is 0 Å². The van der Waals surface area contributed by atoms with Crippen LogP contribution in [0.3, 0.4) is 0 Å².